The average Bonchev–Trinajstić information content (AvgIpc) is 2.60. The number of nitriles is 1. The van der Waals surface area contributed by atoms with Gasteiger partial charge in [-0.05, 0) is 30.2 Å². The monoisotopic (exact) mass is 334 g/mol. The van der Waals surface area contributed by atoms with Crippen LogP contribution in [0.25, 0.3) is 10.8 Å². The maximum Gasteiger partial charge on any atom is 0.338 e. The highest BCUT2D eigenvalue weighted by molar-refractivity contribution is 5.93. The van der Waals surface area contributed by atoms with Crippen LogP contribution in [0.3, 0.4) is 0 Å². The molecule has 0 fully saturated rings. The summed E-state index contributed by atoms with van der Waals surface area (Å²) >= 11 is 0. The first-order chi connectivity index (χ1) is 12.1. The van der Waals surface area contributed by atoms with Crippen LogP contribution in [-0.4, -0.2) is 12.6 Å². The number of benzene rings is 2. The SMILES string of the molecule is CCOC(=O)C1=C(C)OC(N)=C(C#N)[C@@H]1c1ccc2ccccc2c1. The second-order valence-corrected chi connectivity index (χ2v) is 5.72. The fourth-order valence-corrected chi connectivity index (χ4v) is 3.08. The van der Waals surface area contributed by atoms with Gasteiger partial charge in [0.1, 0.15) is 17.4 Å². The summed E-state index contributed by atoms with van der Waals surface area (Å²) in [7, 11) is 0. The summed E-state index contributed by atoms with van der Waals surface area (Å²) in [6.07, 6.45) is 0. The van der Waals surface area contributed by atoms with Crippen LogP contribution < -0.4 is 5.73 Å². The third kappa shape index (κ3) is 2.94. The van der Waals surface area contributed by atoms with Crippen LogP contribution in [0.2, 0.25) is 0 Å². The Kier molecular flexibility index (Phi) is 4.44. The lowest BCUT2D eigenvalue weighted by Crippen LogP contribution is -2.25. The van der Waals surface area contributed by atoms with E-state index in [-0.39, 0.29) is 18.1 Å². The normalized spacial score (nSPS) is 17.2. The summed E-state index contributed by atoms with van der Waals surface area (Å²) in [6.45, 7) is 3.63. The van der Waals surface area contributed by atoms with Crippen LogP contribution in [-0.2, 0) is 14.3 Å². The van der Waals surface area contributed by atoms with Crippen molar-refractivity contribution in [2.75, 3.05) is 6.61 Å². The van der Waals surface area contributed by atoms with Crippen LogP contribution in [0.15, 0.2) is 65.3 Å². The summed E-state index contributed by atoms with van der Waals surface area (Å²) in [5, 5.41) is 11.7. The van der Waals surface area contributed by atoms with Gasteiger partial charge in [0.25, 0.3) is 0 Å². The molecule has 2 aromatic rings. The number of nitrogens with two attached hydrogens (primary N) is 1. The molecule has 25 heavy (non-hydrogen) atoms. The van der Waals surface area contributed by atoms with Crippen LogP contribution in [0.4, 0.5) is 0 Å². The summed E-state index contributed by atoms with van der Waals surface area (Å²) in [5.41, 5.74) is 7.22. The number of hydrogen-bond acceptors (Lipinski definition) is 5. The minimum atomic E-state index is -0.609. The Morgan fingerprint density at radius 3 is 2.68 bits per heavy atom. The molecule has 1 aliphatic heterocycles. The Morgan fingerprint density at radius 1 is 1.28 bits per heavy atom. The van der Waals surface area contributed by atoms with Gasteiger partial charge in [-0.1, -0.05) is 42.5 Å². The van der Waals surface area contributed by atoms with Gasteiger partial charge in [0, 0.05) is 0 Å². The van der Waals surface area contributed by atoms with E-state index in [1.54, 1.807) is 13.8 Å². The predicted molar refractivity (Wildman–Crippen MR) is 93.9 cm³/mol. The van der Waals surface area contributed by atoms with E-state index in [1.807, 2.05) is 42.5 Å². The number of nitrogens with zero attached hydrogens (tertiary/aromatic N) is 1. The van der Waals surface area contributed by atoms with Crippen molar-refractivity contribution in [3.05, 3.63) is 70.8 Å². The molecule has 0 amide bonds. The first-order valence-electron chi connectivity index (χ1n) is 8.01. The maximum absolute atomic E-state index is 12.5. The molecule has 0 saturated carbocycles. The van der Waals surface area contributed by atoms with Gasteiger partial charge in [0.2, 0.25) is 5.88 Å². The molecule has 0 radical (unpaired) electrons. The van der Waals surface area contributed by atoms with E-state index >= 15 is 0 Å². The molecule has 3 rings (SSSR count). The molecule has 5 heteroatoms. The minimum Gasteiger partial charge on any atom is -0.463 e. The van der Waals surface area contributed by atoms with Crippen molar-refractivity contribution in [3.63, 3.8) is 0 Å². The second kappa shape index (κ2) is 6.70. The zero-order valence-corrected chi connectivity index (χ0v) is 14.1. The fraction of sp³-hybridized carbons (Fsp3) is 0.200. The van der Waals surface area contributed by atoms with Gasteiger partial charge < -0.3 is 15.2 Å². The molecule has 1 atom stereocenters. The Labute approximate surface area is 145 Å². The average molecular weight is 334 g/mol. The van der Waals surface area contributed by atoms with Crippen molar-refractivity contribution < 1.29 is 14.3 Å². The highest BCUT2D eigenvalue weighted by atomic mass is 16.5. The molecule has 126 valence electrons. The van der Waals surface area contributed by atoms with Gasteiger partial charge in [-0.15, -0.1) is 0 Å². The lowest BCUT2D eigenvalue weighted by molar-refractivity contribution is -0.139. The quantitative estimate of drug-likeness (QED) is 0.869. The summed E-state index contributed by atoms with van der Waals surface area (Å²) in [5.74, 6) is -0.736. The molecular formula is C20H18N2O3. The first kappa shape index (κ1) is 16.6. The molecule has 1 heterocycles. The summed E-state index contributed by atoms with van der Waals surface area (Å²) < 4.78 is 10.6. The number of hydrogen-bond donors (Lipinski definition) is 1. The lowest BCUT2D eigenvalue weighted by Gasteiger charge is -2.27. The molecular weight excluding hydrogens is 316 g/mol. The van der Waals surface area contributed by atoms with Crippen molar-refractivity contribution in [3.8, 4) is 6.07 Å². The third-order valence-corrected chi connectivity index (χ3v) is 4.21. The molecule has 0 spiro atoms. The van der Waals surface area contributed by atoms with Gasteiger partial charge >= 0.3 is 5.97 Å². The van der Waals surface area contributed by atoms with Crippen molar-refractivity contribution >= 4 is 16.7 Å². The van der Waals surface area contributed by atoms with Crippen LogP contribution in [0, 0.1) is 11.3 Å². The molecule has 1 aliphatic rings. The van der Waals surface area contributed by atoms with E-state index in [1.165, 1.54) is 0 Å². The lowest BCUT2D eigenvalue weighted by atomic mass is 9.82. The first-order valence-corrected chi connectivity index (χ1v) is 8.01. The van der Waals surface area contributed by atoms with Crippen molar-refractivity contribution in [2.24, 2.45) is 5.73 Å². The van der Waals surface area contributed by atoms with Crippen molar-refractivity contribution in [2.45, 2.75) is 19.8 Å². The van der Waals surface area contributed by atoms with E-state index in [2.05, 4.69) is 6.07 Å². The van der Waals surface area contributed by atoms with E-state index in [4.69, 9.17) is 15.2 Å². The van der Waals surface area contributed by atoms with Gasteiger partial charge in [0.05, 0.1) is 18.1 Å². The van der Waals surface area contributed by atoms with E-state index in [0.29, 0.717) is 11.3 Å². The van der Waals surface area contributed by atoms with Gasteiger partial charge in [0.15, 0.2) is 0 Å². The Morgan fingerprint density at radius 2 is 2.00 bits per heavy atom. The largest absolute Gasteiger partial charge is 0.463 e. The van der Waals surface area contributed by atoms with Crippen molar-refractivity contribution in [1.29, 1.82) is 5.26 Å². The van der Waals surface area contributed by atoms with Crippen LogP contribution >= 0.6 is 0 Å². The number of rotatable bonds is 3. The number of carbonyl (C=O) groups is 1. The Bertz CT molecular complexity index is 951. The Hall–Kier alpha value is -3.26. The number of allylic oxidation sites excluding steroid dienone is 2. The Balaban J connectivity index is 2.19. The summed E-state index contributed by atoms with van der Waals surface area (Å²) in [4.78, 5) is 12.5. The van der Waals surface area contributed by atoms with Crippen LogP contribution in [0.5, 0.6) is 0 Å². The van der Waals surface area contributed by atoms with Gasteiger partial charge in [-0.2, -0.15) is 5.26 Å². The standard InChI is InChI=1S/C20H18N2O3/c1-3-24-20(23)17-12(2)25-19(22)16(11-21)18(17)15-9-8-13-6-4-5-7-14(13)10-15/h4-10,18H,3,22H2,1-2H3/t18-/m0/s1. The fourth-order valence-electron chi connectivity index (χ4n) is 3.08. The molecule has 5 nitrogen and oxygen atoms in total. The molecule has 0 aliphatic carbocycles. The number of fused-ring (bicyclic) bond motifs is 1. The predicted octanol–water partition coefficient (Wildman–Crippen LogP) is 3.48. The highest BCUT2D eigenvalue weighted by Crippen LogP contribution is 2.40. The smallest absolute Gasteiger partial charge is 0.338 e. The van der Waals surface area contributed by atoms with Crippen molar-refractivity contribution in [1.82, 2.24) is 0 Å². The topological polar surface area (TPSA) is 85.3 Å². The zero-order chi connectivity index (χ0) is 18.0. The molecule has 0 aromatic heterocycles. The third-order valence-electron chi connectivity index (χ3n) is 4.21. The summed E-state index contributed by atoms with van der Waals surface area (Å²) in [6, 6.07) is 15.8. The number of ether oxygens (including phenoxy) is 2. The van der Waals surface area contributed by atoms with E-state index in [0.717, 1.165) is 16.3 Å². The van der Waals surface area contributed by atoms with E-state index < -0.39 is 11.9 Å². The minimum absolute atomic E-state index is 0.0196. The molecule has 0 saturated heterocycles. The highest BCUT2D eigenvalue weighted by Gasteiger charge is 2.36. The van der Waals surface area contributed by atoms with Gasteiger partial charge in [-0.3, -0.25) is 0 Å². The number of carbonyl (C=O) groups excluding carboxylic acids is 1. The molecule has 2 aromatic carbocycles. The van der Waals surface area contributed by atoms with E-state index in [9.17, 15) is 10.1 Å². The zero-order valence-electron chi connectivity index (χ0n) is 14.1. The molecule has 0 bridgehead atoms. The molecule has 2 N–H and O–H groups in total. The van der Waals surface area contributed by atoms with Crippen LogP contribution in [0.1, 0.15) is 25.3 Å². The molecule has 0 unspecified atom stereocenters. The number of esters is 1. The van der Waals surface area contributed by atoms with Gasteiger partial charge in [-0.25, -0.2) is 4.79 Å². The maximum atomic E-state index is 12.5. The second-order valence-electron chi connectivity index (χ2n) is 5.72.